The van der Waals surface area contributed by atoms with E-state index >= 15 is 0 Å². The summed E-state index contributed by atoms with van der Waals surface area (Å²) < 4.78 is 5.30. The molecule has 5 heteroatoms. The van der Waals surface area contributed by atoms with Gasteiger partial charge in [0.25, 0.3) is 0 Å². The lowest BCUT2D eigenvalue weighted by atomic mass is 10.2. The van der Waals surface area contributed by atoms with Gasteiger partial charge in [-0.05, 0) is 18.2 Å². The zero-order valence-electron chi connectivity index (χ0n) is 9.90. The number of nitrogens with one attached hydrogen (secondary N) is 1. The number of nitrogens with zero attached hydrogens (tertiary/aromatic N) is 1. The van der Waals surface area contributed by atoms with E-state index in [0.29, 0.717) is 5.69 Å². The molecule has 1 heterocycles. The second kappa shape index (κ2) is 5.05. The second-order valence-corrected chi connectivity index (χ2v) is 4.05. The van der Waals surface area contributed by atoms with Gasteiger partial charge in [-0.1, -0.05) is 0 Å². The first-order valence-electron chi connectivity index (χ1n) is 5.66. The first kappa shape index (κ1) is 11.7. The highest BCUT2D eigenvalue weighted by Gasteiger charge is 2.13. The number of benzene rings is 1. The highest BCUT2D eigenvalue weighted by atomic mass is 16.5. The summed E-state index contributed by atoms with van der Waals surface area (Å²) in [7, 11) is 0. The number of carbonyl (C=O) groups excluding carboxylic acids is 1. The highest BCUT2D eigenvalue weighted by Crippen LogP contribution is 2.27. The summed E-state index contributed by atoms with van der Waals surface area (Å²) in [6, 6.07) is 5.58. The zero-order chi connectivity index (χ0) is 12.3. The number of ether oxygens (including phenoxy) is 1. The molecule has 1 amide bonds. The lowest BCUT2D eigenvalue weighted by Gasteiger charge is -2.30. The van der Waals surface area contributed by atoms with Crippen molar-refractivity contribution in [1.29, 1.82) is 0 Å². The number of nitrogens with two attached hydrogens (primary N) is 1. The number of hydrogen-bond acceptors (Lipinski definition) is 4. The fourth-order valence-corrected chi connectivity index (χ4v) is 1.93. The Morgan fingerprint density at radius 1 is 1.41 bits per heavy atom. The maximum Gasteiger partial charge on any atom is 0.221 e. The van der Waals surface area contributed by atoms with Gasteiger partial charge >= 0.3 is 0 Å². The van der Waals surface area contributed by atoms with Crippen LogP contribution in [0.2, 0.25) is 0 Å². The van der Waals surface area contributed by atoms with E-state index in [1.54, 1.807) is 6.07 Å². The van der Waals surface area contributed by atoms with Crippen LogP contribution in [0.5, 0.6) is 0 Å². The van der Waals surface area contributed by atoms with Crippen LogP contribution in [-0.4, -0.2) is 32.2 Å². The molecule has 1 fully saturated rings. The summed E-state index contributed by atoms with van der Waals surface area (Å²) >= 11 is 0. The number of nitrogen functional groups attached to an aromatic ring is 1. The normalized spacial score (nSPS) is 15.7. The number of anilines is 3. The Morgan fingerprint density at radius 2 is 2.12 bits per heavy atom. The van der Waals surface area contributed by atoms with Crippen molar-refractivity contribution < 1.29 is 9.53 Å². The van der Waals surface area contributed by atoms with Crippen LogP contribution < -0.4 is 16.0 Å². The summed E-state index contributed by atoms with van der Waals surface area (Å²) in [5.41, 5.74) is 8.40. The number of morpholine rings is 1. The molecule has 3 N–H and O–H groups in total. The Bertz CT molecular complexity index is 414. The molecule has 2 rings (SSSR count). The summed E-state index contributed by atoms with van der Waals surface area (Å²) in [4.78, 5) is 13.1. The standard InChI is InChI=1S/C12H17N3O2/c1-9(16)14-10-2-3-12(11(13)8-10)15-4-6-17-7-5-15/h2-3,8H,4-7,13H2,1H3,(H,14,16). The molecular formula is C12H17N3O2. The molecule has 1 aromatic carbocycles. The predicted molar refractivity (Wildman–Crippen MR) is 68.2 cm³/mol. The molecule has 0 aliphatic carbocycles. The third-order valence-electron chi connectivity index (χ3n) is 2.70. The van der Waals surface area contributed by atoms with Crippen molar-refractivity contribution in [2.24, 2.45) is 0 Å². The first-order valence-corrected chi connectivity index (χ1v) is 5.66. The molecule has 1 aromatic rings. The van der Waals surface area contributed by atoms with Gasteiger partial charge in [-0.25, -0.2) is 0 Å². The van der Waals surface area contributed by atoms with E-state index in [1.165, 1.54) is 6.92 Å². The molecule has 0 radical (unpaired) electrons. The minimum atomic E-state index is -0.0940. The fraction of sp³-hybridized carbons (Fsp3) is 0.417. The average Bonchev–Trinajstić information content (AvgIpc) is 2.29. The van der Waals surface area contributed by atoms with Crippen molar-refractivity contribution in [3.05, 3.63) is 18.2 Å². The zero-order valence-corrected chi connectivity index (χ0v) is 9.90. The predicted octanol–water partition coefficient (Wildman–Crippen LogP) is 1.06. The molecular weight excluding hydrogens is 218 g/mol. The molecule has 5 nitrogen and oxygen atoms in total. The van der Waals surface area contributed by atoms with Gasteiger partial charge in [0, 0.05) is 25.7 Å². The van der Waals surface area contributed by atoms with Gasteiger partial charge in [0.15, 0.2) is 0 Å². The van der Waals surface area contributed by atoms with E-state index in [4.69, 9.17) is 10.5 Å². The van der Waals surface area contributed by atoms with Crippen LogP contribution in [0, 0.1) is 0 Å². The largest absolute Gasteiger partial charge is 0.397 e. The number of rotatable bonds is 2. The smallest absolute Gasteiger partial charge is 0.221 e. The molecule has 0 bridgehead atoms. The second-order valence-electron chi connectivity index (χ2n) is 4.05. The third kappa shape index (κ3) is 2.88. The van der Waals surface area contributed by atoms with Crippen LogP contribution in [0.15, 0.2) is 18.2 Å². The lowest BCUT2D eigenvalue weighted by molar-refractivity contribution is -0.114. The van der Waals surface area contributed by atoms with Gasteiger partial charge in [0.05, 0.1) is 24.6 Å². The Balaban J connectivity index is 2.15. The molecule has 17 heavy (non-hydrogen) atoms. The monoisotopic (exact) mass is 235 g/mol. The van der Waals surface area contributed by atoms with Crippen molar-refractivity contribution in [1.82, 2.24) is 0 Å². The van der Waals surface area contributed by atoms with E-state index in [1.807, 2.05) is 12.1 Å². The van der Waals surface area contributed by atoms with Crippen molar-refractivity contribution >= 4 is 23.0 Å². The van der Waals surface area contributed by atoms with Gasteiger partial charge in [-0.2, -0.15) is 0 Å². The maximum atomic E-state index is 10.9. The van der Waals surface area contributed by atoms with Gasteiger partial charge in [0.2, 0.25) is 5.91 Å². The van der Waals surface area contributed by atoms with E-state index < -0.39 is 0 Å². The first-order chi connectivity index (χ1) is 8.16. The fourth-order valence-electron chi connectivity index (χ4n) is 1.93. The molecule has 1 saturated heterocycles. The summed E-state index contributed by atoms with van der Waals surface area (Å²) in [6.45, 7) is 4.64. The summed E-state index contributed by atoms with van der Waals surface area (Å²) in [5.74, 6) is -0.0940. The van der Waals surface area contributed by atoms with Crippen LogP contribution in [-0.2, 0) is 9.53 Å². The van der Waals surface area contributed by atoms with E-state index in [-0.39, 0.29) is 5.91 Å². The number of hydrogen-bond donors (Lipinski definition) is 2. The molecule has 1 aliphatic rings. The third-order valence-corrected chi connectivity index (χ3v) is 2.70. The van der Waals surface area contributed by atoms with Crippen molar-refractivity contribution in [2.75, 3.05) is 42.3 Å². The molecule has 0 unspecified atom stereocenters. The summed E-state index contributed by atoms with van der Waals surface area (Å²) in [6.07, 6.45) is 0. The molecule has 0 spiro atoms. The summed E-state index contributed by atoms with van der Waals surface area (Å²) in [5, 5.41) is 2.71. The molecule has 92 valence electrons. The number of carbonyl (C=O) groups is 1. The minimum Gasteiger partial charge on any atom is -0.397 e. The van der Waals surface area contributed by atoms with Crippen LogP contribution in [0.4, 0.5) is 17.1 Å². The molecule has 0 atom stereocenters. The molecule has 0 saturated carbocycles. The van der Waals surface area contributed by atoms with Gasteiger partial charge in [-0.15, -0.1) is 0 Å². The SMILES string of the molecule is CC(=O)Nc1ccc(N2CCOCC2)c(N)c1. The average molecular weight is 235 g/mol. The molecule has 0 aromatic heterocycles. The van der Waals surface area contributed by atoms with Gasteiger partial charge in [-0.3, -0.25) is 4.79 Å². The van der Waals surface area contributed by atoms with Crippen LogP contribution in [0.1, 0.15) is 6.92 Å². The highest BCUT2D eigenvalue weighted by molar-refractivity contribution is 5.90. The van der Waals surface area contributed by atoms with Gasteiger partial charge < -0.3 is 20.7 Å². The topological polar surface area (TPSA) is 67.6 Å². The molecule has 1 aliphatic heterocycles. The van der Waals surface area contributed by atoms with E-state index in [2.05, 4.69) is 10.2 Å². The maximum absolute atomic E-state index is 10.9. The number of amides is 1. The Kier molecular flexibility index (Phi) is 3.49. The van der Waals surface area contributed by atoms with E-state index in [0.717, 1.165) is 37.7 Å². The quantitative estimate of drug-likeness (QED) is 0.752. The van der Waals surface area contributed by atoms with Crippen molar-refractivity contribution in [3.8, 4) is 0 Å². The Labute approximate surface area is 101 Å². The van der Waals surface area contributed by atoms with Gasteiger partial charge in [0.1, 0.15) is 0 Å². The van der Waals surface area contributed by atoms with Crippen molar-refractivity contribution in [2.45, 2.75) is 6.92 Å². The minimum absolute atomic E-state index is 0.0940. The Hall–Kier alpha value is -1.75. The van der Waals surface area contributed by atoms with E-state index in [9.17, 15) is 4.79 Å². The van der Waals surface area contributed by atoms with Crippen molar-refractivity contribution in [3.63, 3.8) is 0 Å². The lowest BCUT2D eigenvalue weighted by Crippen LogP contribution is -2.36. The van der Waals surface area contributed by atoms with Crippen LogP contribution >= 0.6 is 0 Å². The van der Waals surface area contributed by atoms with Crippen LogP contribution in [0.25, 0.3) is 0 Å². The Morgan fingerprint density at radius 3 is 2.71 bits per heavy atom. The van der Waals surface area contributed by atoms with Crippen LogP contribution in [0.3, 0.4) is 0 Å².